The summed E-state index contributed by atoms with van der Waals surface area (Å²) in [4.78, 5) is 20.9. The van der Waals surface area contributed by atoms with Gasteiger partial charge in [0.05, 0.1) is 28.6 Å². The number of nitrogens with zero attached hydrogens (tertiary/aromatic N) is 4. The lowest BCUT2D eigenvalue weighted by molar-refractivity contribution is 0.183. The van der Waals surface area contributed by atoms with E-state index in [9.17, 15) is 9.90 Å². The molecule has 8 heteroatoms. The molecule has 152 valence electrons. The summed E-state index contributed by atoms with van der Waals surface area (Å²) < 4.78 is 4.46. The van der Waals surface area contributed by atoms with Gasteiger partial charge in [0.25, 0.3) is 5.56 Å². The van der Waals surface area contributed by atoms with Crippen LogP contribution in [-0.2, 0) is 19.0 Å². The van der Waals surface area contributed by atoms with Crippen molar-refractivity contribution in [1.29, 1.82) is 0 Å². The normalized spacial score (nSPS) is 13.3. The highest BCUT2D eigenvalue weighted by Crippen LogP contribution is 2.31. The Kier molecular flexibility index (Phi) is 4.71. The quantitative estimate of drug-likeness (QED) is 0.503. The maximum absolute atomic E-state index is 11.9. The second-order valence-corrected chi connectivity index (χ2v) is 9.44. The molecule has 1 unspecified atom stereocenters. The van der Waals surface area contributed by atoms with Crippen LogP contribution in [0.1, 0.15) is 31.9 Å². The topological polar surface area (TPSA) is 85.0 Å². The first-order valence-corrected chi connectivity index (χ1v) is 10.3. The molecule has 0 fully saturated rings. The Bertz CT molecular complexity index is 1260. The Morgan fingerprint density at radius 3 is 2.76 bits per heavy atom. The van der Waals surface area contributed by atoms with Gasteiger partial charge in [-0.2, -0.15) is 0 Å². The van der Waals surface area contributed by atoms with E-state index < -0.39 is 6.23 Å². The lowest BCUT2D eigenvalue weighted by Gasteiger charge is -2.18. The van der Waals surface area contributed by atoms with Crippen LogP contribution in [0, 0.1) is 6.92 Å². The van der Waals surface area contributed by atoms with Crippen molar-refractivity contribution in [3.05, 3.63) is 52.1 Å². The highest BCUT2D eigenvalue weighted by atomic mass is 32.1. The van der Waals surface area contributed by atoms with Crippen LogP contribution in [0.5, 0.6) is 0 Å². The average Bonchev–Trinajstić information content (AvgIpc) is 3.22. The average molecular weight is 412 g/mol. The number of aliphatic hydroxyl groups is 1. The zero-order valence-corrected chi connectivity index (χ0v) is 18.0. The largest absolute Gasteiger partial charge is 0.372 e. The highest BCUT2D eigenvalue weighted by Gasteiger charge is 2.17. The molecule has 2 N–H and O–H groups in total. The second-order valence-electron chi connectivity index (χ2n) is 8.41. The number of hydrogen-bond acceptors (Lipinski definition) is 6. The molecule has 1 aromatic carbocycles. The van der Waals surface area contributed by atoms with Crippen molar-refractivity contribution in [3.63, 3.8) is 0 Å². The molecule has 4 aromatic rings. The first-order valence-electron chi connectivity index (χ1n) is 9.50. The molecular weight excluding hydrogens is 386 g/mol. The van der Waals surface area contributed by atoms with Gasteiger partial charge in [0, 0.05) is 13.1 Å². The van der Waals surface area contributed by atoms with Gasteiger partial charge in [-0.1, -0.05) is 38.2 Å². The van der Waals surface area contributed by atoms with Crippen LogP contribution in [0.2, 0.25) is 0 Å². The molecule has 3 aromatic heterocycles. The van der Waals surface area contributed by atoms with Gasteiger partial charge in [-0.3, -0.25) is 9.36 Å². The number of hydrogen-bond donors (Lipinski definition) is 2. The van der Waals surface area contributed by atoms with Crippen LogP contribution in [0.25, 0.3) is 21.4 Å². The molecule has 1 atom stereocenters. The summed E-state index contributed by atoms with van der Waals surface area (Å²) in [6.07, 6.45) is 0.808. The van der Waals surface area contributed by atoms with Gasteiger partial charge in [0.15, 0.2) is 10.8 Å². The van der Waals surface area contributed by atoms with Crippen molar-refractivity contribution in [3.8, 4) is 0 Å². The second kappa shape index (κ2) is 6.96. The van der Waals surface area contributed by atoms with E-state index in [1.807, 2.05) is 17.6 Å². The molecule has 0 amide bonds. The lowest BCUT2D eigenvalue weighted by Crippen LogP contribution is -2.25. The Balaban J connectivity index is 1.57. The molecule has 29 heavy (non-hydrogen) atoms. The van der Waals surface area contributed by atoms with E-state index >= 15 is 0 Å². The van der Waals surface area contributed by atoms with E-state index in [1.54, 1.807) is 19.4 Å². The van der Waals surface area contributed by atoms with E-state index in [2.05, 4.69) is 48.2 Å². The van der Waals surface area contributed by atoms with Crippen molar-refractivity contribution >= 4 is 37.8 Å². The lowest BCUT2D eigenvalue weighted by atomic mass is 9.87. The Morgan fingerprint density at radius 1 is 1.28 bits per heavy atom. The zero-order valence-electron chi connectivity index (χ0n) is 17.2. The number of anilines is 1. The van der Waals surface area contributed by atoms with E-state index in [4.69, 9.17) is 0 Å². The summed E-state index contributed by atoms with van der Waals surface area (Å²) in [6, 6.07) is 7.88. The molecular formula is C21H25N5O2S. The third kappa shape index (κ3) is 3.65. The fourth-order valence-corrected chi connectivity index (χ4v) is 4.39. The fraction of sp³-hybridized carbons (Fsp3) is 0.381. The van der Waals surface area contributed by atoms with Crippen molar-refractivity contribution < 1.29 is 5.11 Å². The number of aromatic nitrogens is 4. The Hall–Kier alpha value is -2.71. The van der Waals surface area contributed by atoms with Gasteiger partial charge in [0.1, 0.15) is 6.23 Å². The molecule has 0 bridgehead atoms. The summed E-state index contributed by atoms with van der Waals surface area (Å²) in [5, 5.41) is 14.4. The molecule has 7 nitrogen and oxygen atoms in total. The fourth-order valence-electron chi connectivity index (χ4n) is 3.44. The minimum absolute atomic E-state index is 0.0751. The molecule has 4 rings (SSSR count). The first kappa shape index (κ1) is 19.6. The number of imidazole rings is 1. The molecule has 0 aliphatic heterocycles. The van der Waals surface area contributed by atoms with Gasteiger partial charge in [-0.05, 0) is 35.6 Å². The maximum atomic E-state index is 11.9. The Labute approximate surface area is 172 Å². The molecule has 0 spiro atoms. The third-order valence-corrected chi connectivity index (χ3v) is 6.04. The van der Waals surface area contributed by atoms with Crippen molar-refractivity contribution in [2.24, 2.45) is 7.05 Å². The smallest absolute Gasteiger partial charge is 0.252 e. The molecule has 0 radical (unpaired) electrons. The molecule has 0 saturated carbocycles. The van der Waals surface area contributed by atoms with Crippen LogP contribution >= 0.6 is 11.3 Å². The van der Waals surface area contributed by atoms with E-state index in [0.29, 0.717) is 17.3 Å². The SMILES string of the molecule is Cc1cc(=O)n(C)c2ncn(CC(O)Nc3nc4ccc(C(C)(C)C)cc4s3)c12. The van der Waals surface area contributed by atoms with Crippen LogP contribution in [-0.4, -0.2) is 30.4 Å². The third-order valence-electron chi connectivity index (χ3n) is 5.09. The predicted octanol–water partition coefficient (Wildman–Crippen LogP) is 3.38. The van der Waals surface area contributed by atoms with E-state index in [0.717, 1.165) is 21.3 Å². The molecule has 0 saturated heterocycles. The standard InChI is InChI=1S/C21H25N5O2S/c1-12-8-17(28)25(5)19-18(12)26(11-22-19)10-16(27)24-20-23-14-7-6-13(21(2,3)4)9-15(14)29-20/h6-9,11,16,27H,10H2,1-5H3,(H,23,24). The number of fused-ring (bicyclic) bond motifs is 2. The molecule has 0 aliphatic carbocycles. The Morgan fingerprint density at radius 2 is 2.03 bits per heavy atom. The number of aliphatic hydroxyl groups excluding tert-OH is 1. The minimum Gasteiger partial charge on any atom is -0.372 e. The number of rotatable bonds is 4. The van der Waals surface area contributed by atoms with Crippen LogP contribution in [0.15, 0.2) is 35.4 Å². The number of nitrogens with one attached hydrogen (secondary N) is 1. The van der Waals surface area contributed by atoms with Gasteiger partial charge < -0.3 is 15.0 Å². The van der Waals surface area contributed by atoms with Crippen LogP contribution in [0.3, 0.4) is 0 Å². The maximum Gasteiger partial charge on any atom is 0.252 e. The van der Waals surface area contributed by atoms with Gasteiger partial charge in [0.2, 0.25) is 0 Å². The van der Waals surface area contributed by atoms with Gasteiger partial charge in [-0.25, -0.2) is 9.97 Å². The molecule has 0 aliphatic rings. The van der Waals surface area contributed by atoms with E-state index in [-0.39, 0.29) is 11.0 Å². The molecule has 3 heterocycles. The summed E-state index contributed by atoms with van der Waals surface area (Å²) in [7, 11) is 1.70. The first-order chi connectivity index (χ1) is 13.6. The van der Waals surface area contributed by atoms with E-state index in [1.165, 1.54) is 21.5 Å². The summed E-state index contributed by atoms with van der Waals surface area (Å²) in [5.41, 5.74) is 4.43. The van der Waals surface area contributed by atoms with Crippen LogP contribution < -0.4 is 10.9 Å². The number of aryl methyl sites for hydroxylation is 2. The zero-order chi connectivity index (χ0) is 20.9. The predicted molar refractivity (Wildman–Crippen MR) is 118 cm³/mol. The number of benzene rings is 1. The van der Waals surface area contributed by atoms with Crippen molar-refractivity contribution in [1.82, 2.24) is 19.1 Å². The summed E-state index contributed by atoms with van der Waals surface area (Å²) in [6.45, 7) is 8.73. The monoisotopic (exact) mass is 411 g/mol. The number of pyridine rings is 1. The summed E-state index contributed by atoms with van der Waals surface area (Å²) >= 11 is 1.53. The van der Waals surface area contributed by atoms with Crippen LogP contribution in [0.4, 0.5) is 5.13 Å². The number of thiazole rings is 1. The minimum atomic E-state index is -0.841. The highest BCUT2D eigenvalue weighted by molar-refractivity contribution is 7.22. The van der Waals surface area contributed by atoms with Gasteiger partial charge >= 0.3 is 0 Å². The summed E-state index contributed by atoms with van der Waals surface area (Å²) in [5.74, 6) is 0. The van der Waals surface area contributed by atoms with Crippen molar-refractivity contribution in [2.75, 3.05) is 5.32 Å². The van der Waals surface area contributed by atoms with Gasteiger partial charge in [-0.15, -0.1) is 0 Å². The van der Waals surface area contributed by atoms with Crippen molar-refractivity contribution in [2.45, 2.75) is 45.9 Å².